The lowest BCUT2D eigenvalue weighted by molar-refractivity contribution is -0.136. The molecule has 92 valence electrons. The zero-order valence-corrected chi connectivity index (χ0v) is 10.2. The van der Waals surface area contributed by atoms with Crippen molar-refractivity contribution in [3.05, 3.63) is 34.9 Å². The number of aryl methyl sites for hydroxylation is 1. The van der Waals surface area contributed by atoms with E-state index in [2.05, 4.69) is 4.74 Å². The van der Waals surface area contributed by atoms with Crippen molar-refractivity contribution in [1.82, 2.24) is 0 Å². The molecular weight excluding hydrogens is 244 g/mol. The number of carboxylic acids is 1. The molecule has 1 aromatic carbocycles. The lowest BCUT2D eigenvalue weighted by Crippen LogP contribution is -2.04. The third-order valence-corrected chi connectivity index (χ3v) is 2.56. The van der Waals surface area contributed by atoms with Crippen LogP contribution in [0.15, 0.2) is 18.2 Å². The van der Waals surface area contributed by atoms with Crippen LogP contribution in [0.1, 0.15) is 27.9 Å². The highest BCUT2D eigenvalue weighted by molar-refractivity contribution is 6.17. The van der Waals surface area contributed by atoms with E-state index in [1.165, 1.54) is 7.11 Å². The van der Waals surface area contributed by atoms with Crippen LogP contribution in [-0.2, 0) is 21.8 Å². The highest BCUT2D eigenvalue weighted by atomic mass is 35.5. The standard InChI is InChI=1S/C12H13ClO4/c1-17-12(16)10-5-8(2-3-11(14)15)4-9(6-10)7-13/h4-6H,2-3,7H2,1H3,(H,14,15). The second-order valence-corrected chi connectivity index (χ2v) is 3.82. The smallest absolute Gasteiger partial charge is 0.337 e. The predicted octanol–water partition coefficient (Wildman–Crippen LogP) is 2.23. The van der Waals surface area contributed by atoms with Crippen LogP contribution in [0.4, 0.5) is 0 Å². The average molecular weight is 257 g/mol. The first-order valence-corrected chi connectivity index (χ1v) is 5.59. The van der Waals surface area contributed by atoms with Gasteiger partial charge < -0.3 is 9.84 Å². The number of rotatable bonds is 5. The van der Waals surface area contributed by atoms with Gasteiger partial charge in [0.05, 0.1) is 12.7 Å². The molecule has 1 aromatic rings. The number of halogens is 1. The van der Waals surface area contributed by atoms with Crippen LogP contribution in [0.25, 0.3) is 0 Å². The van der Waals surface area contributed by atoms with Crippen LogP contribution in [0.2, 0.25) is 0 Å². The molecule has 0 aromatic heterocycles. The second kappa shape index (κ2) is 6.25. The maximum atomic E-state index is 11.4. The summed E-state index contributed by atoms with van der Waals surface area (Å²) in [6.45, 7) is 0. The Morgan fingerprint density at radius 1 is 1.29 bits per heavy atom. The van der Waals surface area contributed by atoms with Crippen molar-refractivity contribution >= 4 is 23.5 Å². The van der Waals surface area contributed by atoms with Gasteiger partial charge in [-0.3, -0.25) is 4.79 Å². The number of carbonyl (C=O) groups is 2. The van der Waals surface area contributed by atoms with Crippen molar-refractivity contribution in [2.45, 2.75) is 18.7 Å². The van der Waals surface area contributed by atoms with E-state index in [-0.39, 0.29) is 12.3 Å². The molecule has 0 spiro atoms. The van der Waals surface area contributed by atoms with Crippen molar-refractivity contribution in [2.24, 2.45) is 0 Å². The number of alkyl halides is 1. The number of benzene rings is 1. The van der Waals surface area contributed by atoms with Crippen molar-refractivity contribution in [1.29, 1.82) is 0 Å². The first-order chi connectivity index (χ1) is 8.06. The van der Waals surface area contributed by atoms with Crippen molar-refractivity contribution in [3.8, 4) is 0 Å². The molecular formula is C12H13ClO4. The number of hydrogen-bond acceptors (Lipinski definition) is 3. The molecule has 1 rings (SSSR count). The van der Waals surface area contributed by atoms with Gasteiger partial charge in [-0.05, 0) is 29.7 Å². The number of ether oxygens (including phenoxy) is 1. The third-order valence-electron chi connectivity index (χ3n) is 2.26. The minimum absolute atomic E-state index is 0.0202. The number of esters is 1. The molecule has 0 saturated heterocycles. The number of carboxylic acid groups (broad SMARTS) is 1. The largest absolute Gasteiger partial charge is 0.481 e. The zero-order valence-electron chi connectivity index (χ0n) is 9.40. The first kappa shape index (κ1) is 13.5. The van der Waals surface area contributed by atoms with Crippen LogP contribution >= 0.6 is 11.6 Å². The van der Waals surface area contributed by atoms with E-state index in [1.54, 1.807) is 18.2 Å². The molecule has 0 aliphatic heterocycles. The molecule has 0 aliphatic rings. The summed E-state index contributed by atoms with van der Waals surface area (Å²) in [4.78, 5) is 21.9. The predicted molar refractivity (Wildman–Crippen MR) is 63.3 cm³/mol. The fraction of sp³-hybridized carbons (Fsp3) is 0.333. The quantitative estimate of drug-likeness (QED) is 0.648. The van der Waals surface area contributed by atoms with E-state index >= 15 is 0 Å². The zero-order chi connectivity index (χ0) is 12.8. The lowest BCUT2D eigenvalue weighted by Gasteiger charge is -2.06. The molecule has 5 heteroatoms. The molecule has 0 atom stereocenters. The van der Waals surface area contributed by atoms with Gasteiger partial charge in [-0.2, -0.15) is 0 Å². The molecule has 0 bridgehead atoms. The van der Waals surface area contributed by atoms with Crippen molar-refractivity contribution < 1.29 is 19.4 Å². The Morgan fingerprint density at radius 3 is 2.47 bits per heavy atom. The Kier molecular flexibility index (Phi) is 4.97. The van der Waals surface area contributed by atoms with Crippen molar-refractivity contribution in [3.63, 3.8) is 0 Å². The molecule has 0 saturated carbocycles. The molecule has 1 N–H and O–H groups in total. The van der Waals surface area contributed by atoms with Crippen LogP contribution < -0.4 is 0 Å². The summed E-state index contributed by atoms with van der Waals surface area (Å²) < 4.78 is 4.62. The number of hydrogen-bond donors (Lipinski definition) is 1. The molecule has 0 radical (unpaired) electrons. The highest BCUT2D eigenvalue weighted by Crippen LogP contribution is 2.15. The minimum atomic E-state index is -0.874. The normalized spacial score (nSPS) is 10.0. The topological polar surface area (TPSA) is 63.6 Å². The molecule has 0 amide bonds. The van der Waals surface area contributed by atoms with Gasteiger partial charge in [-0.1, -0.05) is 6.07 Å². The summed E-state index contributed by atoms with van der Waals surface area (Å²) in [5.41, 5.74) is 1.94. The summed E-state index contributed by atoms with van der Waals surface area (Å²) in [5.74, 6) is -1.06. The van der Waals surface area contributed by atoms with Gasteiger partial charge in [-0.25, -0.2) is 4.79 Å². The van der Waals surface area contributed by atoms with Gasteiger partial charge in [0.15, 0.2) is 0 Å². The van der Waals surface area contributed by atoms with E-state index < -0.39 is 11.9 Å². The summed E-state index contributed by atoms with van der Waals surface area (Å²) in [5, 5.41) is 8.61. The van der Waals surface area contributed by atoms with Crippen LogP contribution in [0, 0.1) is 0 Å². The molecule has 0 aliphatic carbocycles. The second-order valence-electron chi connectivity index (χ2n) is 3.56. The summed E-state index contributed by atoms with van der Waals surface area (Å²) in [7, 11) is 1.30. The Bertz CT molecular complexity index is 429. The number of methoxy groups -OCH3 is 1. The fourth-order valence-electron chi connectivity index (χ4n) is 1.47. The van der Waals surface area contributed by atoms with E-state index in [0.29, 0.717) is 12.0 Å². The maximum Gasteiger partial charge on any atom is 0.337 e. The van der Waals surface area contributed by atoms with E-state index in [1.807, 2.05) is 0 Å². The molecule has 0 heterocycles. The summed E-state index contributed by atoms with van der Waals surface area (Å²) >= 11 is 5.71. The van der Waals surface area contributed by atoms with E-state index in [0.717, 1.165) is 11.1 Å². The minimum Gasteiger partial charge on any atom is -0.481 e. The average Bonchev–Trinajstić information content (AvgIpc) is 2.34. The van der Waals surface area contributed by atoms with Crippen LogP contribution in [-0.4, -0.2) is 24.2 Å². The van der Waals surface area contributed by atoms with E-state index in [9.17, 15) is 9.59 Å². The third kappa shape index (κ3) is 4.07. The molecule has 4 nitrogen and oxygen atoms in total. The summed E-state index contributed by atoms with van der Waals surface area (Å²) in [6.07, 6.45) is 0.385. The highest BCUT2D eigenvalue weighted by Gasteiger charge is 2.09. The Morgan fingerprint density at radius 2 is 1.94 bits per heavy atom. The van der Waals surface area contributed by atoms with Gasteiger partial charge in [-0.15, -0.1) is 11.6 Å². The van der Waals surface area contributed by atoms with Crippen LogP contribution in [0.5, 0.6) is 0 Å². The van der Waals surface area contributed by atoms with Gasteiger partial charge >= 0.3 is 11.9 Å². The molecule has 0 unspecified atom stereocenters. The Labute approximate surface area is 104 Å². The van der Waals surface area contributed by atoms with Gasteiger partial charge in [0.2, 0.25) is 0 Å². The number of carbonyl (C=O) groups excluding carboxylic acids is 1. The van der Waals surface area contributed by atoms with Gasteiger partial charge in [0, 0.05) is 12.3 Å². The Balaban J connectivity index is 2.96. The monoisotopic (exact) mass is 256 g/mol. The van der Waals surface area contributed by atoms with E-state index in [4.69, 9.17) is 16.7 Å². The Hall–Kier alpha value is -1.55. The van der Waals surface area contributed by atoms with Gasteiger partial charge in [0.25, 0.3) is 0 Å². The summed E-state index contributed by atoms with van der Waals surface area (Å²) in [6, 6.07) is 5.07. The number of aliphatic carboxylic acids is 1. The first-order valence-electron chi connectivity index (χ1n) is 5.05. The fourth-order valence-corrected chi connectivity index (χ4v) is 1.63. The van der Waals surface area contributed by atoms with Crippen LogP contribution in [0.3, 0.4) is 0 Å². The van der Waals surface area contributed by atoms with Crippen molar-refractivity contribution in [2.75, 3.05) is 7.11 Å². The maximum absolute atomic E-state index is 11.4. The SMILES string of the molecule is COC(=O)c1cc(CCl)cc(CCC(=O)O)c1. The van der Waals surface area contributed by atoms with Gasteiger partial charge in [0.1, 0.15) is 0 Å². The lowest BCUT2D eigenvalue weighted by atomic mass is 10.0. The molecule has 0 fully saturated rings. The molecule has 17 heavy (non-hydrogen) atoms.